The quantitative estimate of drug-likeness (QED) is 0.478. The van der Waals surface area contributed by atoms with Crippen LogP contribution in [0, 0.1) is 0 Å². The Morgan fingerprint density at radius 1 is 1.54 bits per heavy atom. The van der Waals surface area contributed by atoms with E-state index in [0.29, 0.717) is 0 Å². The average molecular weight is 184 g/mol. The van der Waals surface area contributed by atoms with Gasteiger partial charge in [0.15, 0.2) is 0 Å². The van der Waals surface area contributed by atoms with Crippen LogP contribution in [0.25, 0.3) is 0 Å². The van der Waals surface area contributed by atoms with Crippen molar-refractivity contribution in [3.63, 3.8) is 0 Å². The normalized spacial score (nSPS) is 12.5. The third-order valence-electron chi connectivity index (χ3n) is 1.75. The van der Waals surface area contributed by atoms with Crippen LogP contribution < -0.4 is 0 Å². The molecule has 0 saturated carbocycles. The highest BCUT2D eigenvalue weighted by molar-refractivity contribution is 5.92. The zero-order valence-electron chi connectivity index (χ0n) is 9.08. The predicted octanol–water partition coefficient (Wildman–Crippen LogP) is 1.56. The molecule has 0 aromatic heterocycles. The molecular formula is C10H20N2O. The predicted molar refractivity (Wildman–Crippen MR) is 57.3 cm³/mol. The molecule has 0 aliphatic heterocycles. The van der Waals surface area contributed by atoms with Crippen LogP contribution in [0.5, 0.6) is 0 Å². The van der Waals surface area contributed by atoms with Crippen molar-refractivity contribution >= 4 is 5.84 Å². The van der Waals surface area contributed by atoms with Crippen molar-refractivity contribution in [3.05, 3.63) is 12.2 Å². The molecule has 0 rings (SSSR count). The van der Waals surface area contributed by atoms with Crippen LogP contribution in [-0.4, -0.2) is 45.1 Å². The van der Waals surface area contributed by atoms with Gasteiger partial charge in [0.25, 0.3) is 0 Å². The molecular weight excluding hydrogens is 164 g/mol. The Morgan fingerprint density at radius 3 is 2.69 bits per heavy atom. The summed E-state index contributed by atoms with van der Waals surface area (Å²) in [6.45, 7) is 3.71. The number of rotatable bonds is 5. The zero-order chi connectivity index (χ0) is 10.1. The van der Waals surface area contributed by atoms with Gasteiger partial charge in [-0.05, 0) is 12.5 Å². The molecule has 0 N–H and O–H groups in total. The minimum absolute atomic E-state index is 0.732. The van der Waals surface area contributed by atoms with Crippen LogP contribution in [0.3, 0.4) is 0 Å². The van der Waals surface area contributed by atoms with Crippen LogP contribution in [0.2, 0.25) is 0 Å². The number of hydrogen-bond donors (Lipinski definition) is 0. The Bertz CT molecular complexity index is 176. The highest BCUT2D eigenvalue weighted by atomic mass is 16.5. The summed E-state index contributed by atoms with van der Waals surface area (Å²) in [5.41, 5.74) is 0. The molecule has 3 heteroatoms. The number of allylic oxidation sites excluding steroid dienone is 1. The Labute approximate surface area is 81.1 Å². The fourth-order valence-electron chi connectivity index (χ4n) is 0.939. The second kappa shape index (κ2) is 7.80. The van der Waals surface area contributed by atoms with Gasteiger partial charge < -0.3 is 9.64 Å². The molecule has 0 bridgehead atoms. The number of ether oxygens (including phenoxy) is 1. The van der Waals surface area contributed by atoms with Crippen LogP contribution in [0.4, 0.5) is 0 Å². The Balaban J connectivity index is 4.01. The van der Waals surface area contributed by atoms with Crippen molar-refractivity contribution in [2.24, 2.45) is 4.99 Å². The van der Waals surface area contributed by atoms with Crippen molar-refractivity contribution in [3.8, 4) is 0 Å². The number of hydrogen-bond acceptors (Lipinski definition) is 2. The molecule has 0 unspecified atom stereocenters. The maximum Gasteiger partial charge on any atom is 0.122 e. The van der Waals surface area contributed by atoms with Crippen molar-refractivity contribution in [1.29, 1.82) is 0 Å². The van der Waals surface area contributed by atoms with E-state index in [4.69, 9.17) is 4.74 Å². The van der Waals surface area contributed by atoms with E-state index in [2.05, 4.69) is 22.9 Å². The third kappa shape index (κ3) is 5.42. The number of amidine groups is 1. The van der Waals surface area contributed by atoms with E-state index in [9.17, 15) is 0 Å². The number of methoxy groups -OCH3 is 1. The standard InChI is InChI=1S/C10H20N2O/c1-5-6-7-10(11-2)12(3)8-9-13-4/h6-7H,5,8-9H2,1-4H3/b7-6-,11-10+. The second-order valence-electron chi connectivity index (χ2n) is 2.81. The molecule has 0 aliphatic carbocycles. The monoisotopic (exact) mass is 184 g/mol. The van der Waals surface area contributed by atoms with Gasteiger partial charge in [-0.3, -0.25) is 4.99 Å². The number of aliphatic imine (C=N–C) groups is 1. The second-order valence-corrected chi connectivity index (χ2v) is 2.81. The van der Waals surface area contributed by atoms with Gasteiger partial charge in [0.1, 0.15) is 5.84 Å². The molecule has 0 fully saturated rings. The van der Waals surface area contributed by atoms with Gasteiger partial charge in [0, 0.05) is 27.7 Å². The molecule has 76 valence electrons. The lowest BCUT2D eigenvalue weighted by molar-refractivity contribution is 0.183. The summed E-state index contributed by atoms with van der Waals surface area (Å²) in [5, 5.41) is 0. The molecule has 0 amide bonds. The molecule has 0 radical (unpaired) electrons. The summed E-state index contributed by atoms with van der Waals surface area (Å²) in [5.74, 6) is 0.999. The van der Waals surface area contributed by atoms with Gasteiger partial charge in [-0.25, -0.2) is 0 Å². The first-order valence-corrected chi connectivity index (χ1v) is 4.59. The molecule has 0 atom stereocenters. The summed E-state index contributed by atoms with van der Waals surface area (Å²) in [6, 6.07) is 0. The zero-order valence-corrected chi connectivity index (χ0v) is 9.08. The summed E-state index contributed by atoms with van der Waals surface area (Å²) < 4.78 is 4.99. The molecule has 0 aliphatic rings. The van der Waals surface area contributed by atoms with Gasteiger partial charge in [-0.1, -0.05) is 13.0 Å². The molecule has 0 aromatic carbocycles. The molecule has 0 saturated heterocycles. The lowest BCUT2D eigenvalue weighted by Crippen LogP contribution is -2.28. The van der Waals surface area contributed by atoms with Crippen LogP contribution in [-0.2, 0) is 4.74 Å². The van der Waals surface area contributed by atoms with Crippen molar-refractivity contribution < 1.29 is 4.74 Å². The Hall–Kier alpha value is -0.830. The maximum absolute atomic E-state index is 4.99. The molecule has 0 aromatic rings. The van der Waals surface area contributed by atoms with E-state index in [1.54, 1.807) is 14.2 Å². The molecule has 0 spiro atoms. The molecule has 0 heterocycles. The van der Waals surface area contributed by atoms with Gasteiger partial charge >= 0.3 is 0 Å². The van der Waals surface area contributed by atoms with E-state index in [0.717, 1.165) is 25.4 Å². The van der Waals surface area contributed by atoms with E-state index >= 15 is 0 Å². The van der Waals surface area contributed by atoms with Gasteiger partial charge in [-0.15, -0.1) is 0 Å². The van der Waals surface area contributed by atoms with E-state index < -0.39 is 0 Å². The summed E-state index contributed by atoms with van der Waals surface area (Å²) >= 11 is 0. The smallest absolute Gasteiger partial charge is 0.122 e. The van der Waals surface area contributed by atoms with Crippen LogP contribution in [0.15, 0.2) is 17.1 Å². The lowest BCUT2D eigenvalue weighted by atomic mass is 10.3. The van der Waals surface area contributed by atoms with Crippen molar-refractivity contribution in [1.82, 2.24) is 4.90 Å². The topological polar surface area (TPSA) is 24.8 Å². The van der Waals surface area contributed by atoms with Crippen LogP contribution in [0.1, 0.15) is 13.3 Å². The van der Waals surface area contributed by atoms with Gasteiger partial charge in [0.05, 0.1) is 6.61 Å². The van der Waals surface area contributed by atoms with E-state index in [1.807, 2.05) is 13.1 Å². The first-order valence-electron chi connectivity index (χ1n) is 4.59. The van der Waals surface area contributed by atoms with Crippen molar-refractivity contribution in [2.45, 2.75) is 13.3 Å². The minimum Gasteiger partial charge on any atom is -0.383 e. The SMILES string of the molecule is CC/C=C\C(=N/C)N(C)CCOC. The maximum atomic E-state index is 4.99. The average Bonchev–Trinajstić information content (AvgIpc) is 2.16. The lowest BCUT2D eigenvalue weighted by Gasteiger charge is -2.17. The fourth-order valence-corrected chi connectivity index (χ4v) is 0.939. The number of likely N-dealkylation sites (N-methyl/N-ethyl adjacent to an activating group) is 1. The first kappa shape index (κ1) is 12.2. The van der Waals surface area contributed by atoms with Crippen molar-refractivity contribution in [2.75, 3.05) is 34.4 Å². The Morgan fingerprint density at radius 2 is 2.23 bits per heavy atom. The Kier molecular flexibility index (Phi) is 7.30. The molecule has 13 heavy (non-hydrogen) atoms. The largest absolute Gasteiger partial charge is 0.383 e. The number of nitrogens with zero attached hydrogens (tertiary/aromatic N) is 2. The molecule has 3 nitrogen and oxygen atoms in total. The summed E-state index contributed by atoms with van der Waals surface area (Å²) in [6.07, 6.45) is 5.18. The van der Waals surface area contributed by atoms with E-state index in [-0.39, 0.29) is 0 Å². The van der Waals surface area contributed by atoms with E-state index in [1.165, 1.54) is 0 Å². The van der Waals surface area contributed by atoms with Gasteiger partial charge in [0.2, 0.25) is 0 Å². The highest BCUT2D eigenvalue weighted by Gasteiger charge is 1.99. The van der Waals surface area contributed by atoms with Gasteiger partial charge in [-0.2, -0.15) is 0 Å². The third-order valence-corrected chi connectivity index (χ3v) is 1.75. The highest BCUT2D eigenvalue weighted by Crippen LogP contribution is 1.91. The minimum atomic E-state index is 0.732. The first-order chi connectivity index (χ1) is 6.26. The summed E-state index contributed by atoms with van der Waals surface area (Å²) in [7, 11) is 5.53. The fraction of sp³-hybridized carbons (Fsp3) is 0.700. The van der Waals surface area contributed by atoms with Crippen LogP contribution >= 0.6 is 0 Å². The summed E-state index contributed by atoms with van der Waals surface area (Å²) in [4.78, 5) is 6.26.